The highest BCUT2D eigenvalue weighted by Gasteiger charge is 2.23. The van der Waals surface area contributed by atoms with Gasteiger partial charge in [0.05, 0.1) is 0 Å². The van der Waals surface area contributed by atoms with Crippen LogP contribution in [0.15, 0.2) is 0 Å². The Hall–Kier alpha value is -0.610. The number of hydrogen-bond acceptors (Lipinski definition) is 4. The van der Waals surface area contributed by atoms with Gasteiger partial charge in [-0.25, -0.2) is 0 Å². The van der Waals surface area contributed by atoms with Crippen LogP contribution in [0.1, 0.15) is 27.2 Å². The molecule has 1 rings (SSSR count). The van der Waals surface area contributed by atoms with Crippen molar-refractivity contribution >= 4 is 6.47 Å². The molecular weight excluding hydrogens is 204 g/mol. The second-order valence-electron chi connectivity index (χ2n) is 5.00. The number of carbonyl (C=O) groups is 1. The summed E-state index contributed by atoms with van der Waals surface area (Å²) in [5, 5.41) is 3.53. The van der Waals surface area contributed by atoms with E-state index < -0.39 is 0 Å². The lowest BCUT2D eigenvalue weighted by Gasteiger charge is -2.28. The lowest BCUT2D eigenvalue weighted by Crippen LogP contribution is -2.42. The molecule has 0 spiro atoms. The highest BCUT2D eigenvalue weighted by atomic mass is 16.5. The number of rotatable bonds is 7. The van der Waals surface area contributed by atoms with Crippen molar-refractivity contribution in [3.63, 3.8) is 0 Å². The molecule has 2 unspecified atom stereocenters. The largest absolute Gasteiger partial charge is 0.467 e. The van der Waals surface area contributed by atoms with E-state index in [2.05, 4.69) is 31.0 Å². The fourth-order valence-electron chi connectivity index (χ4n) is 2.22. The van der Waals surface area contributed by atoms with Gasteiger partial charge in [0, 0.05) is 25.2 Å². The molecule has 1 N–H and O–H groups in total. The fourth-order valence-corrected chi connectivity index (χ4v) is 2.22. The first-order valence-electron chi connectivity index (χ1n) is 6.16. The van der Waals surface area contributed by atoms with Gasteiger partial charge < -0.3 is 10.1 Å². The number of hydrogen-bond donors (Lipinski definition) is 1. The maximum absolute atomic E-state index is 10.1. The van der Waals surface area contributed by atoms with Crippen LogP contribution < -0.4 is 5.32 Å². The summed E-state index contributed by atoms with van der Waals surface area (Å²) in [4.78, 5) is 12.5. The van der Waals surface area contributed by atoms with Crippen molar-refractivity contribution in [2.45, 2.75) is 39.3 Å². The molecule has 4 nitrogen and oxygen atoms in total. The minimum Gasteiger partial charge on any atom is -0.467 e. The second-order valence-corrected chi connectivity index (χ2v) is 5.00. The second kappa shape index (κ2) is 6.86. The van der Waals surface area contributed by atoms with E-state index in [1.54, 1.807) is 0 Å². The van der Waals surface area contributed by atoms with Gasteiger partial charge in [0.25, 0.3) is 6.47 Å². The van der Waals surface area contributed by atoms with Crippen LogP contribution in [0.4, 0.5) is 0 Å². The van der Waals surface area contributed by atoms with Crippen molar-refractivity contribution in [3.8, 4) is 0 Å². The predicted molar refractivity (Wildman–Crippen MR) is 64.3 cm³/mol. The Balaban J connectivity index is 2.29. The fraction of sp³-hybridized carbons (Fsp3) is 0.917. The van der Waals surface area contributed by atoms with Gasteiger partial charge in [0.2, 0.25) is 0 Å². The van der Waals surface area contributed by atoms with Gasteiger partial charge in [-0.15, -0.1) is 0 Å². The average molecular weight is 228 g/mol. The number of nitrogens with zero attached hydrogens (tertiary/aromatic N) is 1. The van der Waals surface area contributed by atoms with Gasteiger partial charge in [-0.3, -0.25) is 9.69 Å². The molecule has 1 aliphatic heterocycles. The van der Waals surface area contributed by atoms with E-state index in [9.17, 15) is 4.79 Å². The molecule has 0 aromatic carbocycles. The van der Waals surface area contributed by atoms with E-state index in [1.807, 2.05) is 0 Å². The summed E-state index contributed by atoms with van der Waals surface area (Å²) in [6.45, 7) is 10.6. The molecule has 1 saturated heterocycles. The molecule has 94 valence electrons. The van der Waals surface area contributed by atoms with Crippen LogP contribution in [0, 0.1) is 5.92 Å². The van der Waals surface area contributed by atoms with Crippen LogP contribution in [0.3, 0.4) is 0 Å². The maximum atomic E-state index is 10.1. The number of nitrogens with one attached hydrogen (secondary N) is 1. The average Bonchev–Trinajstić information content (AvgIpc) is 2.63. The minimum absolute atomic E-state index is 0.490. The first kappa shape index (κ1) is 13.5. The molecule has 2 atom stereocenters. The van der Waals surface area contributed by atoms with Gasteiger partial charge in [-0.1, -0.05) is 6.92 Å². The van der Waals surface area contributed by atoms with E-state index >= 15 is 0 Å². The first-order chi connectivity index (χ1) is 7.63. The van der Waals surface area contributed by atoms with Crippen molar-refractivity contribution < 1.29 is 9.53 Å². The van der Waals surface area contributed by atoms with Crippen LogP contribution in [0.5, 0.6) is 0 Å². The topological polar surface area (TPSA) is 41.6 Å². The minimum atomic E-state index is 0.490. The lowest BCUT2D eigenvalue weighted by atomic mass is 10.1. The zero-order valence-electron chi connectivity index (χ0n) is 10.6. The lowest BCUT2D eigenvalue weighted by molar-refractivity contribution is -0.129. The third-order valence-electron chi connectivity index (χ3n) is 3.19. The monoisotopic (exact) mass is 228 g/mol. The standard InChI is InChI=1S/C12H24N2O2/c1-10(2)14(4-5-16-9-15)8-12-6-11(3)7-13-12/h9-13H,4-8H2,1-3H3. The molecule has 0 saturated carbocycles. The maximum Gasteiger partial charge on any atom is 0.293 e. The highest BCUT2D eigenvalue weighted by Crippen LogP contribution is 2.14. The molecule has 0 aromatic heterocycles. The molecule has 1 aliphatic rings. The zero-order chi connectivity index (χ0) is 12.0. The smallest absolute Gasteiger partial charge is 0.293 e. The van der Waals surface area contributed by atoms with Crippen LogP contribution in [0.25, 0.3) is 0 Å². The molecule has 16 heavy (non-hydrogen) atoms. The normalized spacial score (nSPS) is 25.3. The van der Waals surface area contributed by atoms with Gasteiger partial charge in [-0.2, -0.15) is 0 Å². The summed E-state index contributed by atoms with van der Waals surface area (Å²) in [7, 11) is 0. The predicted octanol–water partition coefficient (Wildman–Crippen LogP) is 0.868. The Morgan fingerprint density at radius 3 is 2.81 bits per heavy atom. The van der Waals surface area contributed by atoms with E-state index in [0.29, 0.717) is 25.2 Å². The Bertz CT molecular complexity index is 209. The van der Waals surface area contributed by atoms with E-state index in [-0.39, 0.29) is 0 Å². The summed E-state index contributed by atoms with van der Waals surface area (Å²) in [5.74, 6) is 0.783. The number of carbonyl (C=O) groups excluding carboxylic acids is 1. The number of ether oxygens (including phenoxy) is 1. The first-order valence-corrected chi connectivity index (χ1v) is 6.16. The van der Waals surface area contributed by atoms with Crippen LogP contribution in [-0.4, -0.2) is 49.7 Å². The SMILES string of the molecule is CC1CNC(CN(CCOC=O)C(C)C)C1. The molecule has 0 aromatic rings. The van der Waals surface area contributed by atoms with Gasteiger partial charge in [-0.05, 0) is 32.7 Å². The molecule has 0 amide bonds. The molecule has 0 aliphatic carbocycles. The quantitative estimate of drug-likeness (QED) is 0.518. The summed E-state index contributed by atoms with van der Waals surface area (Å²) in [6, 6.07) is 1.08. The molecule has 1 heterocycles. The van der Waals surface area contributed by atoms with Crippen LogP contribution in [0.2, 0.25) is 0 Å². The highest BCUT2D eigenvalue weighted by molar-refractivity contribution is 5.36. The van der Waals surface area contributed by atoms with Gasteiger partial charge in [0.15, 0.2) is 0 Å². The molecular formula is C12H24N2O2. The van der Waals surface area contributed by atoms with Gasteiger partial charge in [0.1, 0.15) is 6.61 Å². The zero-order valence-corrected chi connectivity index (χ0v) is 10.6. The Morgan fingerprint density at radius 2 is 2.31 bits per heavy atom. The van der Waals surface area contributed by atoms with Crippen LogP contribution >= 0.6 is 0 Å². The molecule has 4 heteroatoms. The van der Waals surface area contributed by atoms with Crippen molar-refractivity contribution in [1.82, 2.24) is 10.2 Å². The van der Waals surface area contributed by atoms with Crippen molar-refractivity contribution in [3.05, 3.63) is 0 Å². The Labute approximate surface area is 98.3 Å². The third kappa shape index (κ3) is 4.49. The van der Waals surface area contributed by atoms with Crippen molar-refractivity contribution in [2.75, 3.05) is 26.2 Å². The summed E-state index contributed by atoms with van der Waals surface area (Å²) >= 11 is 0. The molecule has 0 bridgehead atoms. The summed E-state index contributed by atoms with van der Waals surface area (Å²) in [6.07, 6.45) is 1.25. The Morgan fingerprint density at radius 1 is 1.56 bits per heavy atom. The summed E-state index contributed by atoms with van der Waals surface area (Å²) < 4.78 is 4.76. The summed E-state index contributed by atoms with van der Waals surface area (Å²) in [5.41, 5.74) is 0. The van der Waals surface area contributed by atoms with E-state index in [0.717, 1.165) is 25.6 Å². The van der Waals surface area contributed by atoms with Gasteiger partial charge >= 0.3 is 0 Å². The van der Waals surface area contributed by atoms with Crippen LogP contribution in [-0.2, 0) is 9.53 Å². The Kier molecular flexibility index (Phi) is 5.77. The third-order valence-corrected chi connectivity index (χ3v) is 3.19. The van der Waals surface area contributed by atoms with Crippen molar-refractivity contribution in [1.29, 1.82) is 0 Å². The van der Waals surface area contributed by atoms with E-state index in [1.165, 1.54) is 6.42 Å². The van der Waals surface area contributed by atoms with Crippen molar-refractivity contribution in [2.24, 2.45) is 5.92 Å². The molecule has 0 radical (unpaired) electrons. The van der Waals surface area contributed by atoms with E-state index in [4.69, 9.17) is 4.74 Å². The molecule has 1 fully saturated rings.